The molecule has 13 heteroatoms. The third kappa shape index (κ3) is 7.16. The van der Waals surface area contributed by atoms with E-state index in [2.05, 4.69) is 10.3 Å². The van der Waals surface area contributed by atoms with Gasteiger partial charge in [0.05, 0.1) is 26.1 Å². The topological polar surface area (TPSA) is 108 Å². The van der Waals surface area contributed by atoms with Gasteiger partial charge in [-0.3, -0.25) is 4.79 Å². The molecule has 0 bridgehead atoms. The van der Waals surface area contributed by atoms with E-state index < -0.39 is 38.6 Å². The number of thiazole rings is 1. The van der Waals surface area contributed by atoms with Crippen LogP contribution in [0.5, 0.6) is 0 Å². The van der Waals surface area contributed by atoms with Crippen molar-refractivity contribution in [3.05, 3.63) is 33.9 Å². The van der Waals surface area contributed by atoms with Gasteiger partial charge >= 0.3 is 6.18 Å². The molecule has 194 valence electrons. The minimum atomic E-state index is -4.74. The van der Waals surface area contributed by atoms with Gasteiger partial charge in [-0.05, 0) is 45.2 Å². The number of alkyl halides is 3. The van der Waals surface area contributed by atoms with Crippen LogP contribution in [0.2, 0.25) is 5.02 Å². The standard InChI is InChI=1S/C22H27ClF3N3O4S2/c1-12(22(24,25)26)29-35(32,33)14-7-8-15(16(23)10-14)18-17(9-13-5-4-6-13)28-20(34-18)19(30)27-11-21(2,3)31/h7-8,10,12-13,29,31H,4-6,9,11H2,1-3H3,(H,27,30)/t12-/m0/s1. The molecule has 0 saturated heterocycles. The molecule has 0 radical (unpaired) electrons. The first-order chi connectivity index (χ1) is 16.1. The first kappa shape index (κ1) is 27.9. The van der Waals surface area contributed by atoms with Crippen molar-refractivity contribution in [3.63, 3.8) is 0 Å². The lowest BCUT2D eigenvalue weighted by molar-refractivity contribution is -0.147. The van der Waals surface area contributed by atoms with E-state index in [9.17, 15) is 31.5 Å². The van der Waals surface area contributed by atoms with Crippen LogP contribution in [0.3, 0.4) is 0 Å². The fourth-order valence-electron chi connectivity index (χ4n) is 3.35. The lowest BCUT2D eigenvalue weighted by atomic mass is 9.82. The maximum atomic E-state index is 12.8. The van der Waals surface area contributed by atoms with Crippen LogP contribution in [0.1, 0.15) is 55.5 Å². The lowest BCUT2D eigenvalue weighted by Gasteiger charge is -2.24. The van der Waals surface area contributed by atoms with Gasteiger partial charge in [0, 0.05) is 12.1 Å². The first-order valence-corrected chi connectivity index (χ1v) is 13.6. The van der Waals surface area contributed by atoms with Crippen molar-refractivity contribution in [1.82, 2.24) is 15.0 Å². The lowest BCUT2D eigenvalue weighted by Crippen LogP contribution is -2.42. The highest BCUT2D eigenvalue weighted by Gasteiger charge is 2.39. The second-order valence-electron chi connectivity index (χ2n) is 9.32. The molecule has 0 unspecified atom stereocenters. The number of hydrogen-bond donors (Lipinski definition) is 3. The minimum Gasteiger partial charge on any atom is -0.389 e. The Morgan fingerprint density at radius 2 is 1.97 bits per heavy atom. The van der Waals surface area contributed by atoms with E-state index in [1.807, 2.05) is 0 Å². The van der Waals surface area contributed by atoms with E-state index in [-0.39, 0.29) is 16.6 Å². The number of rotatable bonds is 9. The van der Waals surface area contributed by atoms with Crippen molar-refractivity contribution in [2.24, 2.45) is 5.92 Å². The van der Waals surface area contributed by atoms with E-state index in [1.54, 1.807) is 18.6 Å². The smallest absolute Gasteiger partial charge is 0.389 e. The summed E-state index contributed by atoms with van der Waals surface area (Å²) in [5, 5.41) is 12.7. The Kier molecular flexibility index (Phi) is 8.22. The van der Waals surface area contributed by atoms with E-state index in [0.717, 1.165) is 36.7 Å². The van der Waals surface area contributed by atoms with Gasteiger partial charge in [-0.25, -0.2) is 13.4 Å². The zero-order valence-electron chi connectivity index (χ0n) is 19.4. The van der Waals surface area contributed by atoms with Crippen LogP contribution in [-0.2, 0) is 16.4 Å². The molecular weight excluding hydrogens is 527 g/mol. The van der Waals surface area contributed by atoms with E-state index in [4.69, 9.17) is 11.6 Å². The summed E-state index contributed by atoms with van der Waals surface area (Å²) in [6.07, 6.45) is -0.945. The number of benzene rings is 1. The van der Waals surface area contributed by atoms with Crippen molar-refractivity contribution < 1.29 is 31.5 Å². The molecule has 2 aromatic rings. The molecule has 3 N–H and O–H groups in total. The number of nitrogens with one attached hydrogen (secondary N) is 2. The summed E-state index contributed by atoms with van der Waals surface area (Å²) in [4.78, 5) is 17.3. The summed E-state index contributed by atoms with van der Waals surface area (Å²) < 4.78 is 65.0. The highest BCUT2D eigenvalue weighted by molar-refractivity contribution is 7.89. The van der Waals surface area contributed by atoms with Crippen molar-refractivity contribution in [3.8, 4) is 10.4 Å². The molecule has 1 saturated carbocycles. The Bertz CT molecular complexity index is 1190. The molecule has 1 aromatic carbocycles. The molecule has 3 rings (SSSR count). The van der Waals surface area contributed by atoms with Gasteiger partial charge in [0.2, 0.25) is 10.0 Å². The third-order valence-corrected chi connectivity index (χ3v) is 8.58. The predicted molar refractivity (Wildman–Crippen MR) is 128 cm³/mol. The third-order valence-electron chi connectivity index (χ3n) is 5.60. The van der Waals surface area contributed by atoms with E-state index in [1.165, 1.54) is 12.1 Å². The number of hydrogen-bond acceptors (Lipinski definition) is 6. The second kappa shape index (κ2) is 10.3. The average molecular weight is 554 g/mol. The number of halogens is 4. The summed E-state index contributed by atoms with van der Waals surface area (Å²) in [7, 11) is -4.47. The van der Waals surface area contributed by atoms with Crippen LogP contribution in [0.4, 0.5) is 13.2 Å². The highest BCUT2D eigenvalue weighted by Crippen LogP contribution is 2.40. The van der Waals surface area contributed by atoms with E-state index in [0.29, 0.717) is 35.4 Å². The SMILES string of the molecule is C[C@H](NS(=O)(=O)c1ccc(-c2sc(C(=O)NCC(C)(C)O)nc2CC2CCC2)c(Cl)c1)C(F)(F)F. The molecule has 0 spiro atoms. The quantitative estimate of drug-likeness (QED) is 0.422. The molecular formula is C22H27ClF3N3O4S2. The molecule has 1 aliphatic rings. The number of carbonyl (C=O) groups excluding carboxylic acids is 1. The van der Waals surface area contributed by atoms with Crippen molar-refractivity contribution in [2.75, 3.05) is 6.54 Å². The Balaban J connectivity index is 1.92. The zero-order valence-corrected chi connectivity index (χ0v) is 21.8. The van der Waals surface area contributed by atoms with E-state index >= 15 is 0 Å². The molecule has 0 aliphatic heterocycles. The maximum Gasteiger partial charge on any atom is 0.404 e. The van der Waals surface area contributed by atoms with Gasteiger partial charge in [0.1, 0.15) is 6.04 Å². The molecule has 35 heavy (non-hydrogen) atoms. The van der Waals surface area contributed by atoms with Crippen LogP contribution in [0, 0.1) is 5.92 Å². The van der Waals surface area contributed by atoms with Gasteiger partial charge in [-0.2, -0.15) is 17.9 Å². The highest BCUT2D eigenvalue weighted by atomic mass is 35.5. The van der Waals surface area contributed by atoms with Gasteiger partial charge in [0.15, 0.2) is 5.01 Å². The van der Waals surface area contributed by atoms with Crippen LogP contribution in [-0.4, -0.2) is 48.8 Å². The monoisotopic (exact) mass is 553 g/mol. The summed E-state index contributed by atoms with van der Waals surface area (Å²) in [5.74, 6) is -0.0477. The van der Waals surface area contributed by atoms with Crippen LogP contribution in [0.25, 0.3) is 10.4 Å². The average Bonchev–Trinajstić information content (AvgIpc) is 3.11. The second-order valence-corrected chi connectivity index (χ2v) is 12.4. The molecule has 1 aliphatic carbocycles. The summed E-state index contributed by atoms with van der Waals surface area (Å²) in [5.41, 5.74) is -0.0236. The van der Waals surface area contributed by atoms with Gasteiger partial charge in [0.25, 0.3) is 5.91 Å². The Hall–Kier alpha value is -1.73. The fourth-order valence-corrected chi connectivity index (χ4v) is 6.05. The molecule has 1 amide bonds. The summed E-state index contributed by atoms with van der Waals surface area (Å²) in [6, 6.07) is 1.40. The zero-order chi connectivity index (χ0) is 26.2. The normalized spacial score (nSPS) is 16.1. The van der Waals surface area contributed by atoms with Crippen molar-refractivity contribution in [1.29, 1.82) is 0 Å². The number of aliphatic hydroxyl groups is 1. The number of aromatic nitrogens is 1. The minimum absolute atomic E-state index is 0.00879. The number of sulfonamides is 1. The number of amides is 1. The molecule has 1 atom stereocenters. The van der Waals surface area contributed by atoms with Crippen LogP contribution in [0.15, 0.2) is 23.1 Å². The Labute approximate surface area is 211 Å². The predicted octanol–water partition coefficient (Wildman–Crippen LogP) is 4.54. The number of carbonyl (C=O) groups is 1. The molecule has 1 aromatic heterocycles. The molecule has 7 nitrogen and oxygen atoms in total. The molecule has 1 fully saturated rings. The van der Waals surface area contributed by atoms with Crippen molar-refractivity contribution >= 4 is 38.9 Å². The number of nitrogens with zero attached hydrogens (tertiary/aromatic N) is 1. The Morgan fingerprint density at radius 3 is 2.49 bits per heavy atom. The molecule has 1 heterocycles. The van der Waals surface area contributed by atoms with Crippen molar-refractivity contribution in [2.45, 2.75) is 69.2 Å². The largest absolute Gasteiger partial charge is 0.404 e. The summed E-state index contributed by atoms with van der Waals surface area (Å²) >= 11 is 7.48. The summed E-state index contributed by atoms with van der Waals surface area (Å²) in [6.45, 7) is 3.85. The Morgan fingerprint density at radius 1 is 1.31 bits per heavy atom. The van der Waals surface area contributed by atoms with Gasteiger partial charge in [-0.15, -0.1) is 11.3 Å². The first-order valence-electron chi connectivity index (χ1n) is 11.0. The van der Waals surface area contributed by atoms with Crippen LogP contribution >= 0.6 is 22.9 Å². The fraction of sp³-hybridized carbons (Fsp3) is 0.545. The van der Waals surface area contributed by atoms with Gasteiger partial charge in [-0.1, -0.05) is 36.9 Å². The van der Waals surface area contributed by atoms with Gasteiger partial charge < -0.3 is 10.4 Å². The maximum absolute atomic E-state index is 12.8. The van der Waals surface area contributed by atoms with Crippen LogP contribution < -0.4 is 10.0 Å².